The molecule has 0 spiro atoms. The number of nitrogens with one attached hydrogen (secondary N) is 3. The smallest absolute Gasteiger partial charge is 0.149 e. The van der Waals surface area contributed by atoms with E-state index in [1.165, 1.54) is 6.07 Å². The minimum absolute atomic E-state index is 0.313. The molecule has 0 heterocycles. The Labute approximate surface area is 128 Å². The van der Waals surface area contributed by atoms with E-state index in [0.717, 1.165) is 5.56 Å². The van der Waals surface area contributed by atoms with E-state index >= 15 is 0 Å². The van der Waals surface area contributed by atoms with Crippen LogP contribution in [0.25, 0.3) is 0 Å². The lowest BCUT2D eigenvalue weighted by Gasteiger charge is -2.13. The zero-order valence-electron chi connectivity index (χ0n) is 11.9. The molecule has 5 heteroatoms. The molecule has 0 aliphatic rings. The SMILES string of the molecule is CNc1c(F)cc(NCc2ccc(Cl)cc2)cc1C(C)=N. The van der Waals surface area contributed by atoms with Gasteiger partial charge >= 0.3 is 0 Å². The predicted octanol–water partition coefficient (Wildman–Crippen LogP) is 4.52. The van der Waals surface area contributed by atoms with Gasteiger partial charge in [0.15, 0.2) is 0 Å². The quantitative estimate of drug-likeness (QED) is 0.711. The first-order valence-electron chi connectivity index (χ1n) is 6.56. The third kappa shape index (κ3) is 3.73. The Balaban J connectivity index is 2.20. The van der Waals surface area contributed by atoms with Crippen LogP contribution in [0.1, 0.15) is 18.1 Å². The Morgan fingerprint density at radius 2 is 1.90 bits per heavy atom. The topological polar surface area (TPSA) is 47.9 Å². The largest absolute Gasteiger partial charge is 0.385 e. The van der Waals surface area contributed by atoms with Gasteiger partial charge in [-0.1, -0.05) is 23.7 Å². The Hall–Kier alpha value is -2.07. The summed E-state index contributed by atoms with van der Waals surface area (Å²) in [4.78, 5) is 0. The first-order chi connectivity index (χ1) is 10.0. The van der Waals surface area contributed by atoms with Crippen molar-refractivity contribution < 1.29 is 4.39 Å². The average molecular weight is 306 g/mol. The normalized spacial score (nSPS) is 10.3. The highest BCUT2D eigenvalue weighted by Crippen LogP contribution is 2.25. The molecule has 0 unspecified atom stereocenters. The molecule has 2 rings (SSSR count). The van der Waals surface area contributed by atoms with Crippen LogP contribution in [0.15, 0.2) is 36.4 Å². The van der Waals surface area contributed by atoms with Gasteiger partial charge in [0.05, 0.1) is 5.69 Å². The molecule has 21 heavy (non-hydrogen) atoms. The van der Waals surface area contributed by atoms with Crippen LogP contribution in [-0.4, -0.2) is 12.8 Å². The lowest BCUT2D eigenvalue weighted by atomic mass is 10.1. The van der Waals surface area contributed by atoms with Crippen molar-refractivity contribution in [2.75, 3.05) is 17.7 Å². The zero-order chi connectivity index (χ0) is 15.4. The van der Waals surface area contributed by atoms with Gasteiger partial charge in [-0.25, -0.2) is 4.39 Å². The average Bonchev–Trinajstić information content (AvgIpc) is 2.46. The highest BCUT2D eigenvalue weighted by molar-refractivity contribution is 6.30. The number of hydrogen-bond donors (Lipinski definition) is 3. The van der Waals surface area contributed by atoms with E-state index in [9.17, 15) is 4.39 Å². The van der Waals surface area contributed by atoms with Crippen molar-refractivity contribution in [1.82, 2.24) is 0 Å². The van der Waals surface area contributed by atoms with Gasteiger partial charge in [-0.05, 0) is 36.8 Å². The third-order valence-electron chi connectivity index (χ3n) is 3.15. The summed E-state index contributed by atoms with van der Waals surface area (Å²) < 4.78 is 14.0. The van der Waals surface area contributed by atoms with Crippen molar-refractivity contribution in [3.63, 3.8) is 0 Å². The van der Waals surface area contributed by atoms with E-state index in [1.54, 1.807) is 20.0 Å². The monoisotopic (exact) mass is 305 g/mol. The van der Waals surface area contributed by atoms with Gasteiger partial charge in [0.25, 0.3) is 0 Å². The van der Waals surface area contributed by atoms with Gasteiger partial charge < -0.3 is 16.0 Å². The summed E-state index contributed by atoms with van der Waals surface area (Å²) in [6, 6.07) is 10.7. The molecular formula is C16H17ClFN3. The third-order valence-corrected chi connectivity index (χ3v) is 3.41. The second kappa shape index (κ2) is 6.59. The molecule has 2 aromatic carbocycles. The van der Waals surface area contributed by atoms with E-state index in [2.05, 4.69) is 10.6 Å². The molecule has 3 nitrogen and oxygen atoms in total. The summed E-state index contributed by atoms with van der Waals surface area (Å²) in [7, 11) is 1.64. The van der Waals surface area contributed by atoms with Gasteiger partial charge in [0.2, 0.25) is 0 Å². The standard InChI is InChI=1S/C16H17ClFN3/c1-10(19)14-7-13(8-15(18)16(14)20-2)21-9-11-3-5-12(17)6-4-11/h3-8,19-21H,9H2,1-2H3. The maximum Gasteiger partial charge on any atom is 0.149 e. The molecule has 0 aliphatic carbocycles. The number of halogens is 2. The van der Waals surface area contributed by atoms with Gasteiger partial charge in [-0.3, -0.25) is 0 Å². The van der Waals surface area contributed by atoms with E-state index < -0.39 is 0 Å². The Morgan fingerprint density at radius 3 is 2.48 bits per heavy atom. The van der Waals surface area contributed by atoms with E-state index in [1.807, 2.05) is 24.3 Å². The molecule has 0 aliphatic heterocycles. The fourth-order valence-electron chi connectivity index (χ4n) is 2.06. The Morgan fingerprint density at radius 1 is 1.24 bits per heavy atom. The lowest BCUT2D eigenvalue weighted by Crippen LogP contribution is -2.06. The summed E-state index contributed by atoms with van der Waals surface area (Å²) in [5.74, 6) is -0.375. The Kier molecular flexibility index (Phi) is 4.81. The minimum Gasteiger partial charge on any atom is -0.385 e. The van der Waals surface area contributed by atoms with E-state index in [0.29, 0.717) is 34.2 Å². The van der Waals surface area contributed by atoms with Crippen LogP contribution in [0, 0.1) is 11.2 Å². The van der Waals surface area contributed by atoms with Gasteiger partial charge in [0, 0.05) is 35.6 Å². The van der Waals surface area contributed by atoms with Crippen LogP contribution >= 0.6 is 11.6 Å². The molecule has 3 N–H and O–H groups in total. The maximum atomic E-state index is 14.0. The first kappa shape index (κ1) is 15.3. The highest BCUT2D eigenvalue weighted by atomic mass is 35.5. The molecule has 0 amide bonds. The fraction of sp³-hybridized carbons (Fsp3) is 0.188. The summed E-state index contributed by atoms with van der Waals surface area (Å²) in [6.45, 7) is 2.20. The number of hydrogen-bond acceptors (Lipinski definition) is 3. The number of rotatable bonds is 5. The highest BCUT2D eigenvalue weighted by Gasteiger charge is 2.11. The van der Waals surface area contributed by atoms with Crippen molar-refractivity contribution in [2.24, 2.45) is 0 Å². The van der Waals surface area contributed by atoms with Crippen LogP contribution < -0.4 is 10.6 Å². The molecular weight excluding hydrogens is 289 g/mol. The van der Waals surface area contributed by atoms with Gasteiger partial charge in [0.1, 0.15) is 5.82 Å². The summed E-state index contributed by atoms with van der Waals surface area (Å²) >= 11 is 5.84. The number of anilines is 2. The molecule has 0 fully saturated rings. The van der Waals surface area contributed by atoms with Crippen LogP contribution in [0.3, 0.4) is 0 Å². The first-order valence-corrected chi connectivity index (χ1v) is 6.94. The van der Waals surface area contributed by atoms with Crippen molar-refractivity contribution in [1.29, 1.82) is 5.41 Å². The number of benzene rings is 2. The summed E-state index contributed by atoms with van der Waals surface area (Å²) in [5.41, 5.74) is 2.90. The molecule has 0 saturated heterocycles. The van der Waals surface area contributed by atoms with Crippen LogP contribution in [0.5, 0.6) is 0 Å². The molecule has 110 valence electrons. The van der Waals surface area contributed by atoms with Crippen molar-refractivity contribution in [3.05, 3.63) is 58.4 Å². The van der Waals surface area contributed by atoms with E-state index in [-0.39, 0.29) is 5.82 Å². The van der Waals surface area contributed by atoms with Gasteiger partial charge in [-0.2, -0.15) is 0 Å². The Bertz CT molecular complexity index is 653. The van der Waals surface area contributed by atoms with Crippen molar-refractivity contribution in [2.45, 2.75) is 13.5 Å². The molecule has 0 radical (unpaired) electrons. The van der Waals surface area contributed by atoms with Crippen LogP contribution in [0.4, 0.5) is 15.8 Å². The van der Waals surface area contributed by atoms with E-state index in [4.69, 9.17) is 17.0 Å². The molecule has 2 aromatic rings. The molecule has 0 atom stereocenters. The summed E-state index contributed by atoms with van der Waals surface area (Å²) in [6.07, 6.45) is 0. The lowest BCUT2D eigenvalue weighted by molar-refractivity contribution is 0.631. The maximum absolute atomic E-state index is 14.0. The second-order valence-corrected chi connectivity index (χ2v) is 5.17. The zero-order valence-corrected chi connectivity index (χ0v) is 12.7. The minimum atomic E-state index is -0.375. The molecule has 0 aromatic heterocycles. The van der Waals surface area contributed by atoms with Crippen LogP contribution in [0.2, 0.25) is 5.02 Å². The second-order valence-electron chi connectivity index (χ2n) is 4.74. The predicted molar refractivity (Wildman–Crippen MR) is 87.2 cm³/mol. The summed E-state index contributed by atoms with van der Waals surface area (Å²) in [5, 5.41) is 14.4. The molecule has 0 saturated carbocycles. The van der Waals surface area contributed by atoms with Crippen molar-refractivity contribution in [3.8, 4) is 0 Å². The van der Waals surface area contributed by atoms with Crippen LogP contribution in [-0.2, 0) is 6.54 Å². The molecule has 0 bridgehead atoms. The van der Waals surface area contributed by atoms with Gasteiger partial charge in [-0.15, -0.1) is 0 Å². The van der Waals surface area contributed by atoms with Crippen molar-refractivity contribution >= 4 is 28.7 Å². The fourth-order valence-corrected chi connectivity index (χ4v) is 2.19.